The first-order valence-electron chi connectivity index (χ1n) is 19.3. The minimum atomic E-state index is -5.21. The molecule has 0 atom stereocenters. The van der Waals surface area contributed by atoms with E-state index < -0.39 is 80.1 Å². The van der Waals surface area contributed by atoms with E-state index >= 15 is 0 Å². The highest BCUT2D eigenvalue weighted by atomic mass is 32.2. The molecule has 0 fully saturated rings. The Morgan fingerprint density at radius 1 is 0.732 bits per heavy atom. The number of aliphatic hydroxyl groups is 2. The van der Waals surface area contributed by atoms with Crippen molar-refractivity contribution in [1.82, 2.24) is 9.78 Å². The lowest BCUT2D eigenvalue weighted by Crippen LogP contribution is -2.13. The quantitative estimate of drug-likeness (QED) is 0.00977. The van der Waals surface area contributed by atoms with Crippen LogP contribution in [-0.2, 0) is 33.7 Å². The Morgan fingerprint density at radius 3 is 1.90 bits per heavy atom. The Kier molecular flexibility index (Phi) is 17.6. The number of carboxylic acids is 2. The number of benzene rings is 5. The summed E-state index contributed by atoms with van der Waals surface area (Å²) in [5, 5.41) is 104. The molecular weight excluding hydrogens is 1010 g/mol. The van der Waals surface area contributed by atoms with Gasteiger partial charge in [0.25, 0.3) is 15.7 Å². The molecule has 0 aliphatic heterocycles. The molecule has 6 aromatic rings. The number of H-pyrrole nitrogens is 1. The monoisotopic (exact) mass is 1040 g/mol. The van der Waals surface area contributed by atoms with Crippen molar-refractivity contribution in [3.05, 3.63) is 94.4 Å². The zero-order chi connectivity index (χ0) is 51.4. The molecule has 5 aromatic carbocycles. The minimum absolute atomic E-state index is 0.0788. The molecule has 1 amide bonds. The molecule has 0 bridgehead atoms. The number of nitrogens with zero attached hydrogens (tertiary/aromatic N) is 7. The number of amides is 1. The number of azo groups is 3. The van der Waals surface area contributed by atoms with Crippen molar-refractivity contribution >= 4 is 103 Å². The molecule has 0 aliphatic rings. The van der Waals surface area contributed by atoms with E-state index in [0.717, 1.165) is 28.9 Å². The van der Waals surface area contributed by atoms with E-state index in [1.807, 2.05) is 0 Å². The summed E-state index contributed by atoms with van der Waals surface area (Å²) in [6, 6.07) is 14.6. The largest absolute Gasteiger partial charge is 0.505 e. The molecule has 6 rings (SSSR count). The summed E-state index contributed by atoms with van der Waals surface area (Å²) < 4.78 is 56.6. The highest BCUT2D eigenvalue weighted by molar-refractivity contribution is 7.95. The van der Waals surface area contributed by atoms with Gasteiger partial charge in [0.1, 0.15) is 58.0 Å². The van der Waals surface area contributed by atoms with E-state index in [1.165, 1.54) is 55.5 Å². The van der Waals surface area contributed by atoms with Crippen molar-refractivity contribution in [2.45, 2.75) is 21.6 Å². The predicted octanol–water partition coefficient (Wildman–Crippen LogP) is 7.47. The van der Waals surface area contributed by atoms with Crippen LogP contribution in [0.25, 0.3) is 16.5 Å². The average Bonchev–Trinajstić information content (AvgIpc) is 3.67. The Hall–Kier alpha value is -7.73. The van der Waals surface area contributed by atoms with E-state index in [4.69, 9.17) is 20.0 Å². The highest BCUT2D eigenvalue weighted by Gasteiger charge is 2.25. The number of nitrogens with one attached hydrogen (secondary N) is 2. The van der Waals surface area contributed by atoms with Crippen molar-refractivity contribution in [3.8, 4) is 22.9 Å². The first kappa shape index (κ1) is 52.6. The first-order valence-corrected chi connectivity index (χ1v) is 22.2. The van der Waals surface area contributed by atoms with Gasteiger partial charge in [0.2, 0.25) is 5.91 Å². The first-order chi connectivity index (χ1) is 34.0. The fraction of sp³-hybridized carbons (Fsp3) is 0.128. The zero-order valence-electron chi connectivity index (χ0n) is 35.6. The number of hydrogen-bond donors (Lipinski definition) is 10. The second-order valence-corrected chi connectivity index (χ2v) is 16.5. The van der Waals surface area contributed by atoms with E-state index in [2.05, 4.69) is 59.8 Å². The van der Waals surface area contributed by atoms with Crippen molar-refractivity contribution in [2.24, 2.45) is 30.7 Å². The standard InChI is InChI=1S/C39H33N9O20S3/c1-18(51)40-20-2-7-25(24(14-20)38(54)55)41-42-26-16-30(64-11-9-50)27(17-29(26)63-10-8-49)43-45-33-31(70-68-66-59)12-19-13-32(71(60,61)62)28(15-23(19)36(33)52)44-46-34-35(39(56)57)47-48(37(34)53)21-3-5-22(6-4-21)69-67-65-58/h2-7,12-17,47,49-50,52,58-59H,8-11H2,1H3,(H,40,51)(H,54,55)(H,56,57)(H,60,61,62). The maximum atomic E-state index is 13.5. The lowest BCUT2D eigenvalue weighted by molar-refractivity contribution is -0.432. The van der Waals surface area contributed by atoms with Crippen LogP contribution in [-0.4, -0.2) is 103 Å². The second kappa shape index (κ2) is 23.7. The van der Waals surface area contributed by atoms with Crippen LogP contribution in [0.3, 0.4) is 0 Å². The molecule has 1 aromatic heterocycles. The van der Waals surface area contributed by atoms with E-state index in [0.29, 0.717) is 16.9 Å². The summed E-state index contributed by atoms with van der Waals surface area (Å²) >= 11 is 0.826. The van der Waals surface area contributed by atoms with Gasteiger partial charge < -0.3 is 40.3 Å². The summed E-state index contributed by atoms with van der Waals surface area (Å²) in [6.07, 6.45) is 0. The summed E-state index contributed by atoms with van der Waals surface area (Å²) in [6.45, 7) is -0.438. The third-order valence-corrected chi connectivity index (χ3v) is 11.1. The maximum Gasteiger partial charge on any atom is 0.356 e. The number of anilines is 1. The number of aliphatic hydroxyl groups excluding tert-OH is 2. The zero-order valence-corrected chi connectivity index (χ0v) is 38.0. The van der Waals surface area contributed by atoms with E-state index in [-0.39, 0.29) is 86.4 Å². The predicted molar refractivity (Wildman–Crippen MR) is 242 cm³/mol. The number of hydrogen-bond acceptors (Lipinski definition) is 25. The number of aromatic amines is 1. The molecule has 0 aliphatic carbocycles. The highest BCUT2D eigenvalue weighted by Crippen LogP contribution is 2.48. The minimum Gasteiger partial charge on any atom is -0.505 e. The average molecular weight is 1040 g/mol. The molecule has 0 radical (unpaired) electrons. The van der Waals surface area contributed by atoms with Gasteiger partial charge in [-0.15, -0.1) is 39.4 Å². The number of carbonyl (C=O) groups excluding carboxylic acids is 1. The van der Waals surface area contributed by atoms with Gasteiger partial charge in [-0.2, -0.15) is 8.42 Å². The van der Waals surface area contributed by atoms with Gasteiger partial charge in [-0.1, -0.05) is 10.1 Å². The lowest BCUT2D eigenvalue weighted by Gasteiger charge is -2.13. The number of rotatable bonds is 23. The fourth-order valence-corrected chi connectivity index (χ4v) is 7.54. The smallest absolute Gasteiger partial charge is 0.356 e. The maximum absolute atomic E-state index is 13.5. The van der Waals surface area contributed by atoms with Crippen molar-refractivity contribution in [3.63, 3.8) is 0 Å². The van der Waals surface area contributed by atoms with E-state index in [9.17, 15) is 57.7 Å². The number of carbonyl (C=O) groups is 3. The van der Waals surface area contributed by atoms with Gasteiger partial charge >= 0.3 is 11.9 Å². The summed E-state index contributed by atoms with van der Waals surface area (Å²) in [5.74, 6) is -4.66. The summed E-state index contributed by atoms with van der Waals surface area (Å²) in [7, 11) is -5.21. The molecule has 372 valence electrons. The van der Waals surface area contributed by atoms with Crippen LogP contribution in [0, 0.1) is 0 Å². The van der Waals surface area contributed by atoms with Gasteiger partial charge in [-0.3, -0.25) is 19.2 Å². The lowest BCUT2D eigenvalue weighted by atomic mass is 10.1. The normalized spacial score (nSPS) is 11.9. The molecule has 0 saturated carbocycles. The number of aromatic hydroxyl groups is 1. The molecule has 0 spiro atoms. The third kappa shape index (κ3) is 12.9. The Balaban J connectivity index is 1.46. The molecule has 71 heavy (non-hydrogen) atoms. The molecule has 0 saturated heterocycles. The molecular formula is C39H33N9O20S3. The molecule has 1 heterocycles. The van der Waals surface area contributed by atoms with Gasteiger partial charge in [-0.05, 0) is 66.0 Å². The topological polar surface area (TPSA) is 427 Å². The number of fused-ring (bicyclic) bond motifs is 1. The van der Waals surface area contributed by atoms with Crippen LogP contribution in [0.15, 0.2) is 123 Å². The van der Waals surface area contributed by atoms with Crippen LogP contribution in [0.2, 0.25) is 0 Å². The van der Waals surface area contributed by atoms with Gasteiger partial charge in [-0.25, -0.2) is 24.8 Å². The Bertz CT molecular complexity index is 3260. The van der Waals surface area contributed by atoms with Crippen molar-refractivity contribution in [1.29, 1.82) is 0 Å². The van der Waals surface area contributed by atoms with Crippen LogP contribution >= 0.6 is 24.1 Å². The second-order valence-electron chi connectivity index (χ2n) is 13.6. The Labute approximate surface area is 404 Å². The number of ether oxygens (including phenoxy) is 2. The van der Waals surface area contributed by atoms with Gasteiger partial charge in [0.05, 0.1) is 53.4 Å². The van der Waals surface area contributed by atoms with Crippen molar-refractivity contribution in [2.75, 3.05) is 31.7 Å². The van der Waals surface area contributed by atoms with Crippen LogP contribution in [0.5, 0.6) is 17.2 Å². The van der Waals surface area contributed by atoms with Crippen LogP contribution in [0.4, 0.5) is 39.8 Å². The fourth-order valence-electron chi connectivity index (χ4n) is 6.04. The van der Waals surface area contributed by atoms with Crippen LogP contribution < -0.4 is 20.3 Å². The van der Waals surface area contributed by atoms with E-state index in [1.54, 1.807) is 0 Å². The number of carboxylic acid groups (broad SMARTS) is 2. The molecule has 29 nitrogen and oxygen atoms in total. The van der Waals surface area contributed by atoms with Gasteiger partial charge in [0.15, 0.2) is 17.1 Å². The molecule has 32 heteroatoms. The summed E-state index contributed by atoms with van der Waals surface area (Å²) in [4.78, 5) is 48.5. The number of aromatic nitrogens is 2. The van der Waals surface area contributed by atoms with Crippen molar-refractivity contribution < 1.29 is 91.6 Å². The number of phenols is 1. The summed E-state index contributed by atoms with van der Waals surface area (Å²) in [5.41, 5.74) is -4.51. The SMILES string of the molecule is CC(=O)Nc1ccc(N=Nc2cc(OCCO)c(N=Nc3c(SOOO)cc4cc(S(=O)(=O)O)c(N=Nc5c(C(=O)O)[nH]n(-c6ccc(SOOO)cc6)c5=O)cc4c3O)cc2OCCO)c(C(=O)O)c1. The Morgan fingerprint density at radius 2 is 1.32 bits per heavy atom. The number of phenolic OH excluding ortho intramolecular Hbond substituents is 1. The van der Waals surface area contributed by atoms with Crippen LogP contribution in [0.1, 0.15) is 27.8 Å². The van der Waals surface area contributed by atoms with Gasteiger partial charge in [0, 0.05) is 35.0 Å². The molecule has 10 N–H and O–H groups in total. The molecule has 0 unspecified atom stereocenters. The number of aromatic carboxylic acids is 2. The third-order valence-electron chi connectivity index (χ3n) is 8.96.